The number of aromatic hydroxyl groups is 1. The lowest BCUT2D eigenvalue weighted by atomic mass is 9.81. The molecule has 0 aliphatic carbocycles. The smallest absolute Gasteiger partial charge is 0.339 e. The maximum absolute atomic E-state index is 11.8. The molecule has 116 valence electrons. The molecule has 6 nitrogen and oxygen atoms in total. The number of phenols is 1. The number of hydrogen-bond acceptors (Lipinski definition) is 3. The van der Waals surface area contributed by atoms with Crippen molar-refractivity contribution in [2.45, 2.75) is 27.7 Å². The predicted octanol–water partition coefficient (Wildman–Crippen LogP) is 2.89. The number of aromatic carboxylic acids is 1. The Labute approximate surface area is 124 Å². The Kier molecular flexibility index (Phi) is 5.18. The van der Waals surface area contributed by atoms with Gasteiger partial charge in [0.05, 0.1) is 5.69 Å². The zero-order valence-corrected chi connectivity index (χ0v) is 12.7. The van der Waals surface area contributed by atoms with Gasteiger partial charge in [0, 0.05) is 6.54 Å². The van der Waals surface area contributed by atoms with Crippen LogP contribution in [0.15, 0.2) is 18.2 Å². The summed E-state index contributed by atoms with van der Waals surface area (Å²) in [6.45, 7) is 8.69. The first-order valence-corrected chi connectivity index (χ1v) is 6.75. The van der Waals surface area contributed by atoms with Crippen molar-refractivity contribution in [3.05, 3.63) is 23.8 Å². The molecule has 2 amide bonds. The molecule has 0 radical (unpaired) electrons. The minimum atomic E-state index is -1.25. The Balaban J connectivity index is 2.72. The van der Waals surface area contributed by atoms with E-state index in [1.807, 2.05) is 13.8 Å². The van der Waals surface area contributed by atoms with Crippen molar-refractivity contribution in [1.82, 2.24) is 5.32 Å². The number of benzene rings is 1. The van der Waals surface area contributed by atoms with Gasteiger partial charge in [0.1, 0.15) is 5.56 Å². The van der Waals surface area contributed by atoms with E-state index in [1.165, 1.54) is 18.2 Å². The summed E-state index contributed by atoms with van der Waals surface area (Å²) in [6.07, 6.45) is 0. The van der Waals surface area contributed by atoms with Crippen molar-refractivity contribution in [3.8, 4) is 5.75 Å². The van der Waals surface area contributed by atoms with Crippen LogP contribution < -0.4 is 10.6 Å². The van der Waals surface area contributed by atoms with Gasteiger partial charge in [-0.1, -0.05) is 33.8 Å². The topological polar surface area (TPSA) is 98.7 Å². The molecule has 0 unspecified atom stereocenters. The fourth-order valence-electron chi connectivity index (χ4n) is 1.50. The molecule has 0 spiro atoms. The molecule has 1 rings (SSSR count). The average Bonchev–Trinajstić information content (AvgIpc) is 2.38. The summed E-state index contributed by atoms with van der Waals surface area (Å²) in [7, 11) is 0. The number of anilines is 1. The summed E-state index contributed by atoms with van der Waals surface area (Å²) in [5.41, 5.74) is -0.257. The van der Waals surface area contributed by atoms with E-state index in [9.17, 15) is 14.7 Å². The Morgan fingerprint density at radius 3 is 2.43 bits per heavy atom. The number of carboxylic acids is 1. The van der Waals surface area contributed by atoms with E-state index in [-0.39, 0.29) is 16.7 Å². The van der Waals surface area contributed by atoms with Gasteiger partial charge in [-0.25, -0.2) is 9.59 Å². The lowest BCUT2D eigenvalue weighted by molar-refractivity contribution is 0.0693. The lowest BCUT2D eigenvalue weighted by Gasteiger charge is -2.29. The highest BCUT2D eigenvalue weighted by Crippen LogP contribution is 2.28. The third kappa shape index (κ3) is 4.37. The van der Waals surface area contributed by atoms with Gasteiger partial charge in [-0.05, 0) is 23.5 Å². The van der Waals surface area contributed by atoms with E-state index in [1.54, 1.807) is 0 Å². The number of carbonyl (C=O) groups is 2. The van der Waals surface area contributed by atoms with Crippen LogP contribution in [0, 0.1) is 11.3 Å². The zero-order valence-electron chi connectivity index (χ0n) is 12.7. The molecule has 1 aromatic rings. The maximum Gasteiger partial charge on any atom is 0.339 e. The van der Waals surface area contributed by atoms with Gasteiger partial charge in [-0.3, -0.25) is 0 Å². The number of carbonyl (C=O) groups excluding carboxylic acids is 1. The monoisotopic (exact) mass is 294 g/mol. The zero-order chi connectivity index (χ0) is 16.2. The molecule has 6 heteroatoms. The van der Waals surface area contributed by atoms with Crippen molar-refractivity contribution in [3.63, 3.8) is 0 Å². The summed E-state index contributed by atoms with van der Waals surface area (Å²) in [5.74, 6) is -1.32. The minimum Gasteiger partial charge on any atom is -0.505 e. The summed E-state index contributed by atoms with van der Waals surface area (Å²) in [5, 5.41) is 23.9. The van der Waals surface area contributed by atoms with Gasteiger partial charge < -0.3 is 20.8 Å². The summed E-state index contributed by atoms with van der Waals surface area (Å²) in [6, 6.07) is 3.68. The molecular weight excluding hydrogens is 272 g/mol. The molecule has 0 saturated heterocycles. The quantitative estimate of drug-likeness (QED) is 0.627. The molecule has 0 atom stereocenters. The molecule has 0 fully saturated rings. The van der Waals surface area contributed by atoms with Gasteiger partial charge in [0.15, 0.2) is 5.75 Å². The van der Waals surface area contributed by atoms with Crippen LogP contribution in [0.5, 0.6) is 5.75 Å². The second-order valence-corrected chi connectivity index (χ2v) is 5.96. The summed E-state index contributed by atoms with van der Waals surface area (Å²) < 4.78 is 0. The van der Waals surface area contributed by atoms with Gasteiger partial charge in [0.25, 0.3) is 0 Å². The Bertz CT molecular complexity index is 538. The highest BCUT2D eigenvalue weighted by atomic mass is 16.4. The van der Waals surface area contributed by atoms with Gasteiger partial charge >= 0.3 is 12.0 Å². The number of hydrogen-bond donors (Lipinski definition) is 4. The van der Waals surface area contributed by atoms with Crippen LogP contribution in [-0.2, 0) is 0 Å². The van der Waals surface area contributed by atoms with Crippen molar-refractivity contribution >= 4 is 17.7 Å². The van der Waals surface area contributed by atoms with Gasteiger partial charge in [0.2, 0.25) is 0 Å². The minimum absolute atomic E-state index is 0.0646. The first-order valence-electron chi connectivity index (χ1n) is 6.75. The van der Waals surface area contributed by atoms with Gasteiger partial charge in [-0.15, -0.1) is 0 Å². The SMILES string of the molecule is CC(C)C(C)(C)CNC(=O)Nc1cccc(C(=O)O)c1O. The van der Waals surface area contributed by atoms with Crippen molar-refractivity contribution in [1.29, 1.82) is 0 Å². The van der Waals surface area contributed by atoms with Crippen LogP contribution in [0.4, 0.5) is 10.5 Å². The molecule has 21 heavy (non-hydrogen) atoms. The Hall–Kier alpha value is -2.24. The average molecular weight is 294 g/mol. The van der Waals surface area contributed by atoms with E-state index >= 15 is 0 Å². The fraction of sp³-hybridized carbons (Fsp3) is 0.467. The first kappa shape index (κ1) is 16.8. The van der Waals surface area contributed by atoms with E-state index < -0.39 is 17.7 Å². The number of para-hydroxylation sites is 1. The number of urea groups is 1. The molecule has 0 bridgehead atoms. The second kappa shape index (κ2) is 6.47. The number of nitrogens with one attached hydrogen (secondary N) is 2. The highest BCUT2D eigenvalue weighted by Gasteiger charge is 2.23. The second-order valence-electron chi connectivity index (χ2n) is 5.96. The first-order chi connectivity index (χ1) is 9.65. The molecule has 0 aromatic heterocycles. The predicted molar refractivity (Wildman–Crippen MR) is 80.7 cm³/mol. The van der Waals surface area contributed by atoms with Crippen molar-refractivity contribution in [2.24, 2.45) is 11.3 Å². The maximum atomic E-state index is 11.8. The number of carboxylic acid groups (broad SMARTS) is 1. The summed E-state index contributed by atoms with van der Waals surface area (Å²) in [4.78, 5) is 22.7. The molecule has 0 heterocycles. The van der Waals surface area contributed by atoms with Crippen LogP contribution in [0.1, 0.15) is 38.1 Å². The molecule has 0 aliphatic rings. The van der Waals surface area contributed by atoms with E-state index in [0.29, 0.717) is 12.5 Å². The normalized spacial score (nSPS) is 11.3. The number of amides is 2. The lowest BCUT2D eigenvalue weighted by Crippen LogP contribution is -2.39. The molecule has 0 saturated carbocycles. The molecule has 1 aromatic carbocycles. The molecular formula is C15H22N2O4. The van der Waals surface area contributed by atoms with Crippen LogP contribution in [0.3, 0.4) is 0 Å². The third-order valence-electron chi connectivity index (χ3n) is 3.78. The largest absolute Gasteiger partial charge is 0.505 e. The van der Waals surface area contributed by atoms with Gasteiger partial charge in [-0.2, -0.15) is 0 Å². The van der Waals surface area contributed by atoms with Crippen molar-refractivity contribution in [2.75, 3.05) is 11.9 Å². The highest BCUT2D eigenvalue weighted by molar-refractivity contribution is 5.97. The van der Waals surface area contributed by atoms with E-state index in [4.69, 9.17) is 5.11 Å². The fourth-order valence-corrected chi connectivity index (χ4v) is 1.50. The van der Waals surface area contributed by atoms with Crippen LogP contribution in [0.2, 0.25) is 0 Å². The van der Waals surface area contributed by atoms with Crippen LogP contribution in [0.25, 0.3) is 0 Å². The summed E-state index contributed by atoms with van der Waals surface area (Å²) >= 11 is 0. The molecule has 0 aliphatic heterocycles. The van der Waals surface area contributed by atoms with E-state index in [2.05, 4.69) is 24.5 Å². The third-order valence-corrected chi connectivity index (χ3v) is 3.78. The Morgan fingerprint density at radius 2 is 1.90 bits per heavy atom. The number of rotatable bonds is 5. The van der Waals surface area contributed by atoms with Crippen LogP contribution >= 0.6 is 0 Å². The molecule has 4 N–H and O–H groups in total. The van der Waals surface area contributed by atoms with Crippen molar-refractivity contribution < 1.29 is 19.8 Å². The van der Waals surface area contributed by atoms with E-state index in [0.717, 1.165) is 0 Å². The van der Waals surface area contributed by atoms with Crippen LogP contribution in [-0.4, -0.2) is 28.8 Å². The Morgan fingerprint density at radius 1 is 1.29 bits per heavy atom. The standard InChI is InChI=1S/C15H22N2O4/c1-9(2)15(3,4)8-16-14(21)17-11-7-5-6-10(12(11)18)13(19)20/h5-7,9,18H,8H2,1-4H3,(H,19,20)(H2,16,17,21).